The Bertz CT molecular complexity index is 1360. The molecule has 1 unspecified atom stereocenters. The van der Waals surface area contributed by atoms with E-state index < -0.39 is 6.10 Å². The van der Waals surface area contributed by atoms with E-state index in [0.717, 1.165) is 96.3 Å². The molecule has 0 rings (SSSR count). The molecule has 0 saturated heterocycles. The molecule has 0 saturated carbocycles. The lowest BCUT2D eigenvalue weighted by atomic mass is 10.0. The highest BCUT2D eigenvalue weighted by atomic mass is 16.6. The molecule has 6 nitrogen and oxygen atoms in total. The molecule has 1 atom stereocenters. The lowest BCUT2D eigenvalue weighted by Crippen LogP contribution is -2.30. The number of carbonyl (C=O) groups is 3. The molecule has 0 aliphatic heterocycles. The van der Waals surface area contributed by atoms with E-state index in [4.69, 9.17) is 14.2 Å². The zero-order valence-electron chi connectivity index (χ0n) is 50.8. The average molecular weight is 1060 g/mol. The number of hydrogen-bond acceptors (Lipinski definition) is 6. The fraction of sp³-hybridized carbons (Fsp3) is 0.814. The number of unbranched alkanes of at least 4 members (excludes halogenated alkanes) is 40. The summed E-state index contributed by atoms with van der Waals surface area (Å²) in [6, 6.07) is 0. The maximum Gasteiger partial charge on any atom is 0.306 e. The second kappa shape index (κ2) is 64.6. The summed E-state index contributed by atoms with van der Waals surface area (Å²) in [5.41, 5.74) is 0. The van der Waals surface area contributed by atoms with Gasteiger partial charge in [0.05, 0.1) is 0 Å². The zero-order chi connectivity index (χ0) is 55.0. The van der Waals surface area contributed by atoms with E-state index in [9.17, 15) is 14.4 Å². The van der Waals surface area contributed by atoms with Gasteiger partial charge in [0.25, 0.3) is 0 Å². The molecular formula is C70H126O6. The molecule has 0 aromatic heterocycles. The summed E-state index contributed by atoms with van der Waals surface area (Å²) in [7, 11) is 0. The van der Waals surface area contributed by atoms with Crippen molar-refractivity contribution in [1.29, 1.82) is 0 Å². The molecule has 0 spiro atoms. The predicted molar refractivity (Wildman–Crippen MR) is 330 cm³/mol. The molecule has 0 amide bonds. The highest BCUT2D eigenvalue weighted by Gasteiger charge is 2.19. The Morgan fingerprint density at radius 1 is 0.276 bits per heavy atom. The SMILES string of the molecule is CC/C=C\C/C=C\C/C=C\C/C=C\C/C=C\CCCCCCCCCCCC(=O)OCC(COC(=O)CCCCCCCCCCCC)OC(=O)CCCCCCCCCCCCCCCCCCCCCCCCC. The second-order valence-electron chi connectivity index (χ2n) is 22.4. The average Bonchev–Trinajstić information content (AvgIpc) is 3.42. The third-order valence-electron chi connectivity index (χ3n) is 14.8. The van der Waals surface area contributed by atoms with Gasteiger partial charge in [-0.25, -0.2) is 0 Å². The van der Waals surface area contributed by atoms with Crippen LogP contribution in [0.3, 0.4) is 0 Å². The Hall–Kier alpha value is -2.89. The Morgan fingerprint density at radius 2 is 0.513 bits per heavy atom. The van der Waals surface area contributed by atoms with Gasteiger partial charge in [-0.3, -0.25) is 14.4 Å². The largest absolute Gasteiger partial charge is 0.462 e. The van der Waals surface area contributed by atoms with E-state index in [1.807, 2.05) is 0 Å². The maximum atomic E-state index is 12.9. The van der Waals surface area contributed by atoms with Crippen molar-refractivity contribution in [3.8, 4) is 0 Å². The Labute approximate surface area is 472 Å². The van der Waals surface area contributed by atoms with Crippen LogP contribution in [0, 0.1) is 0 Å². The van der Waals surface area contributed by atoms with Crippen LogP contribution in [0.25, 0.3) is 0 Å². The van der Waals surface area contributed by atoms with Crippen molar-refractivity contribution in [2.24, 2.45) is 0 Å². The van der Waals surface area contributed by atoms with Gasteiger partial charge in [0.15, 0.2) is 6.10 Å². The van der Waals surface area contributed by atoms with Crippen LogP contribution in [-0.2, 0) is 28.6 Å². The molecule has 0 aliphatic rings. The first-order valence-electron chi connectivity index (χ1n) is 33.3. The van der Waals surface area contributed by atoms with Gasteiger partial charge >= 0.3 is 17.9 Å². The molecular weight excluding hydrogens is 937 g/mol. The Kier molecular flexibility index (Phi) is 62.2. The Balaban J connectivity index is 4.21. The monoisotopic (exact) mass is 1060 g/mol. The summed E-state index contributed by atoms with van der Waals surface area (Å²) in [5, 5.41) is 0. The molecule has 0 fully saturated rings. The minimum Gasteiger partial charge on any atom is -0.462 e. The maximum absolute atomic E-state index is 12.9. The second-order valence-corrected chi connectivity index (χ2v) is 22.4. The van der Waals surface area contributed by atoms with Gasteiger partial charge in [-0.15, -0.1) is 0 Å². The smallest absolute Gasteiger partial charge is 0.306 e. The van der Waals surface area contributed by atoms with Gasteiger partial charge in [0.2, 0.25) is 0 Å². The van der Waals surface area contributed by atoms with Crippen molar-refractivity contribution in [3.63, 3.8) is 0 Å². The predicted octanol–water partition coefficient (Wildman–Crippen LogP) is 22.7. The van der Waals surface area contributed by atoms with Crippen LogP contribution in [0.2, 0.25) is 0 Å². The molecule has 0 aromatic rings. The highest BCUT2D eigenvalue weighted by molar-refractivity contribution is 5.71. The van der Waals surface area contributed by atoms with Gasteiger partial charge in [-0.05, 0) is 64.2 Å². The summed E-state index contributed by atoms with van der Waals surface area (Å²) in [6.07, 6.45) is 82.4. The molecule has 76 heavy (non-hydrogen) atoms. The number of ether oxygens (including phenoxy) is 3. The first-order chi connectivity index (χ1) is 37.5. The molecule has 442 valence electrons. The van der Waals surface area contributed by atoms with E-state index in [0.29, 0.717) is 19.3 Å². The number of allylic oxidation sites excluding steroid dienone is 10. The molecule has 6 heteroatoms. The summed E-state index contributed by atoms with van der Waals surface area (Å²) in [5.74, 6) is -0.858. The molecule has 0 radical (unpaired) electrons. The summed E-state index contributed by atoms with van der Waals surface area (Å²) in [4.78, 5) is 38.3. The van der Waals surface area contributed by atoms with Crippen molar-refractivity contribution >= 4 is 17.9 Å². The van der Waals surface area contributed by atoms with Crippen LogP contribution in [0.1, 0.15) is 348 Å². The fourth-order valence-electron chi connectivity index (χ4n) is 9.83. The lowest BCUT2D eigenvalue weighted by Gasteiger charge is -2.18. The van der Waals surface area contributed by atoms with Gasteiger partial charge in [0.1, 0.15) is 13.2 Å². The molecule has 0 aromatic carbocycles. The van der Waals surface area contributed by atoms with Crippen molar-refractivity contribution in [3.05, 3.63) is 60.8 Å². The standard InChI is InChI=1S/C70H126O6/c1-4-7-10-13-16-19-22-24-26-28-30-32-34-35-37-38-40-42-44-46-48-51-54-57-60-63-69(72)75-66-67(65-74-68(71)62-59-56-53-50-21-18-15-12-9-6-3)76-70(73)64-61-58-55-52-49-47-45-43-41-39-36-33-31-29-27-25-23-20-17-14-11-8-5-2/h7,10,16,19,24,26,30,32,35,37,67H,4-6,8-9,11-15,17-18,20-23,25,27-29,31,33-34,36,38-66H2,1-3H3/b10-7-,19-16-,26-24-,32-30-,37-35-. The fourth-order valence-corrected chi connectivity index (χ4v) is 9.83. The third kappa shape index (κ3) is 62.0. The molecule has 0 bridgehead atoms. The zero-order valence-corrected chi connectivity index (χ0v) is 50.8. The first-order valence-corrected chi connectivity index (χ1v) is 33.3. The van der Waals surface area contributed by atoms with E-state index in [1.54, 1.807) is 0 Å². The topological polar surface area (TPSA) is 78.9 Å². The number of hydrogen-bond donors (Lipinski definition) is 0. The number of carbonyl (C=O) groups excluding carboxylic acids is 3. The van der Waals surface area contributed by atoms with Crippen molar-refractivity contribution in [2.75, 3.05) is 13.2 Å². The highest BCUT2D eigenvalue weighted by Crippen LogP contribution is 2.18. The number of rotatable bonds is 61. The van der Waals surface area contributed by atoms with Crippen molar-refractivity contribution in [1.82, 2.24) is 0 Å². The van der Waals surface area contributed by atoms with E-state index >= 15 is 0 Å². The van der Waals surface area contributed by atoms with Crippen LogP contribution < -0.4 is 0 Å². The molecule has 0 heterocycles. The van der Waals surface area contributed by atoms with Crippen molar-refractivity contribution < 1.29 is 28.6 Å². The van der Waals surface area contributed by atoms with Gasteiger partial charge in [-0.1, -0.05) is 326 Å². The minimum atomic E-state index is -0.773. The van der Waals surface area contributed by atoms with Crippen LogP contribution >= 0.6 is 0 Å². The quantitative estimate of drug-likeness (QED) is 0.0261. The number of esters is 3. The lowest BCUT2D eigenvalue weighted by molar-refractivity contribution is -0.167. The van der Waals surface area contributed by atoms with E-state index in [1.165, 1.54) is 212 Å². The third-order valence-corrected chi connectivity index (χ3v) is 14.8. The summed E-state index contributed by atoms with van der Waals surface area (Å²) < 4.78 is 16.9. The Morgan fingerprint density at radius 3 is 0.803 bits per heavy atom. The van der Waals surface area contributed by atoms with Gasteiger partial charge < -0.3 is 14.2 Å². The summed E-state index contributed by atoms with van der Waals surface area (Å²) in [6.45, 7) is 6.56. The molecule has 0 aliphatic carbocycles. The van der Waals surface area contributed by atoms with Crippen LogP contribution in [0.5, 0.6) is 0 Å². The van der Waals surface area contributed by atoms with E-state index in [2.05, 4.69) is 81.5 Å². The van der Waals surface area contributed by atoms with Crippen molar-refractivity contribution in [2.45, 2.75) is 354 Å². The normalized spacial score (nSPS) is 12.4. The van der Waals surface area contributed by atoms with Gasteiger partial charge in [0, 0.05) is 19.3 Å². The molecule has 0 N–H and O–H groups in total. The first kappa shape index (κ1) is 73.1. The van der Waals surface area contributed by atoms with E-state index in [-0.39, 0.29) is 31.1 Å². The van der Waals surface area contributed by atoms with Crippen LogP contribution in [-0.4, -0.2) is 37.2 Å². The minimum absolute atomic E-state index is 0.0710. The van der Waals surface area contributed by atoms with Crippen LogP contribution in [0.15, 0.2) is 60.8 Å². The van der Waals surface area contributed by atoms with Crippen LogP contribution in [0.4, 0.5) is 0 Å². The van der Waals surface area contributed by atoms with Gasteiger partial charge in [-0.2, -0.15) is 0 Å². The summed E-state index contributed by atoms with van der Waals surface area (Å²) >= 11 is 0.